The van der Waals surface area contributed by atoms with E-state index in [0.717, 1.165) is 23.5 Å². The number of benzene rings is 1. The van der Waals surface area contributed by atoms with E-state index >= 15 is 0 Å². The smallest absolute Gasteiger partial charge is 0.240 e. The van der Waals surface area contributed by atoms with Crippen LogP contribution >= 0.6 is 0 Å². The number of carbonyl (C=O) groups is 1. The van der Waals surface area contributed by atoms with Crippen LogP contribution in [0.15, 0.2) is 41.8 Å². The van der Waals surface area contributed by atoms with Crippen molar-refractivity contribution >= 4 is 11.6 Å². The molecule has 0 aliphatic carbocycles. The van der Waals surface area contributed by atoms with Crippen LogP contribution in [-0.4, -0.2) is 21.6 Å². The van der Waals surface area contributed by atoms with Crippen LogP contribution in [0.25, 0.3) is 0 Å². The third-order valence-corrected chi connectivity index (χ3v) is 3.12. The lowest BCUT2D eigenvalue weighted by molar-refractivity contribution is -0.121. The molecule has 0 saturated carbocycles. The number of H-pyrrole nitrogens is 1. The maximum atomic E-state index is 11.0. The van der Waals surface area contributed by atoms with Crippen molar-refractivity contribution < 1.29 is 4.79 Å². The van der Waals surface area contributed by atoms with E-state index in [0.29, 0.717) is 12.8 Å². The highest BCUT2D eigenvalue weighted by molar-refractivity contribution is 6.04. The number of imidazole rings is 1. The normalized spacial score (nSPS) is 14.9. The van der Waals surface area contributed by atoms with Gasteiger partial charge in [0.2, 0.25) is 5.91 Å². The second kappa shape index (κ2) is 5.06. The highest BCUT2D eigenvalue weighted by Crippen LogP contribution is 2.13. The van der Waals surface area contributed by atoms with Gasteiger partial charge in [-0.3, -0.25) is 4.79 Å². The van der Waals surface area contributed by atoms with Gasteiger partial charge < -0.3 is 4.98 Å². The first-order valence-electron chi connectivity index (χ1n) is 6.24. The Morgan fingerprint density at radius 1 is 1.16 bits per heavy atom. The summed E-state index contributed by atoms with van der Waals surface area (Å²) >= 11 is 0. The lowest BCUT2D eigenvalue weighted by atomic mass is 10.0. The van der Waals surface area contributed by atoms with Gasteiger partial charge in [-0.2, -0.15) is 5.10 Å². The van der Waals surface area contributed by atoms with E-state index in [4.69, 9.17) is 0 Å². The summed E-state index contributed by atoms with van der Waals surface area (Å²) in [5.74, 6) is 0.938. The van der Waals surface area contributed by atoms with Gasteiger partial charge >= 0.3 is 0 Å². The van der Waals surface area contributed by atoms with Crippen LogP contribution in [0, 0.1) is 0 Å². The lowest BCUT2D eigenvalue weighted by Gasteiger charge is -2.12. The molecule has 1 aromatic carbocycles. The molecule has 96 valence electrons. The van der Waals surface area contributed by atoms with Crippen molar-refractivity contribution in [2.45, 2.75) is 19.3 Å². The molecule has 2 heterocycles. The van der Waals surface area contributed by atoms with Gasteiger partial charge in [-0.1, -0.05) is 24.3 Å². The summed E-state index contributed by atoms with van der Waals surface area (Å²) < 4.78 is 0. The predicted octanol–water partition coefficient (Wildman–Crippen LogP) is 1.61. The minimum atomic E-state index is -0.0156. The molecule has 0 radical (unpaired) electrons. The Balaban J connectivity index is 1.74. The Bertz CT molecular complexity index is 599. The van der Waals surface area contributed by atoms with E-state index in [2.05, 4.69) is 32.6 Å². The molecule has 0 unspecified atom stereocenters. The number of rotatable bonds is 3. The van der Waals surface area contributed by atoms with Crippen LogP contribution in [0.5, 0.6) is 0 Å². The van der Waals surface area contributed by atoms with E-state index in [1.54, 1.807) is 6.20 Å². The van der Waals surface area contributed by atoms with Crippen LogP contribution in [0.1, 0.15) is 29.8 Å². The molecule has 0 fully saturated rings. The summed E-state index contributed by atoms with van der Waals surface area (Å²) in [6.07, 6.45) is 5.57. The third kappa shape index (κ3) is 2.70. The van der Waals surface area contributed by atoms with Crippen LogP contribution < -0.4 is 5.43 Å². The standard InChI is InChI=1S/C14H14N4O/c19-14-6-5-12(17-18-14)11-3-1-10(2-4-11)9-13-15-7-8-16-13/h1-4,7-8H,5-6,9H2,(H,15,16)(H,18,19). The Morgan fingerprint density at radius 3 is 2.63 bits per heavy atom. The predicted molar refractivity (Wildman–Crippen MR) is 71.7 cm³/mol. The Labute approximate surface area is 110 Å². The largest absolute Gasteiger partial charge is 0.348 e. The fourth-order valence-electron chi connectivity index (χ4n) is 2.09. The molecule has 1 aliphatic rings. The maximum Gasteiger partial charge on any atom is 0.240 e. The fourth-order valence-corrected chi connectivity index (χ4v) is 2.09. The second-order valence-corrected chi connectivity index (χ2v) is 4.50. The highest BCUT2D eigenvalue weighted by atomic mass is 16.2. The van der Waals surface area contributed by atoms with Gasteiger partial charge in [0.1, 0.15) is 5.82 Å². The van der Waals surface area contributed by atoms with Gasteiger partial charge in [0.15, 0.2) is 0 Å². The zero-order valence-corrected chi connectivity index (χ0v) is 10.4. The molecule has 0 bridgehead atoms. The number of aromatic amines is 1. The van der Waals surface area contributed by atoms with Crippen molar-refractivity contribution in [1.82, 2.24) is 15.4 Å². The highest BCUT2D eigenvalue weighted by Gasteiger charge is 2.12. The van der Waals surface area contributed by atoms with Gasteiger partial charge in [-0.25, -0.2) is 10.4 Å². The summed E-state index contributed by atoms with van der Waals surface area (Å²) in [6, 6.07) is 8.21. The number of hydrogen-bond donors (Lipinski definition) is 2. The quantitative estimate of drug-likeness (QED) is 0.873. The summed E-state index contributed by atoms with van der Waals surface area (Å²) in [7, 11) is 0. The number of aromatic nitrogens is 2. The summed E-state index contributed by atoms with van der Waals surface area (Å²) in [6.45, 7) is 0. The summed E-state index contributed by atoms with van der Waals surface area (Å²) in [5.41, 5.74) is 5.70. The number of nitrogens with zero attached hydrogens (tertiary/aromatic N) is 2. The molecule has 2 N–H and O–H groups in total. The molecule has 1 amide bonds. The molecule has 2 aromatic rings. The first-order chi connectivity index (χ1) is 9.31. The van der Waals surface area contributed by atoms with Gasteiger partial charge in [0, 0.05) is 31.7 Å². The van der Waals surface area contributed by atoms with Gasteiger partial charge in [-0.15, -0.1) is 0 Å². The van der Waals surface area contributed by atoms with E-state index in [1.165, 1.54) is 5.56 Å². The first-order valence-corrected chi connectivity index (χ1v) is 6.24. The molecule has 0 saturated heterocycles. The van der Waals surface area contributed by atoms with Crippen LogP contribution in [0.2, 0.25) is 0 Å². The van der Waals surface area contributed by atoms with Crippen molar-refractivity contribution in [2.24, 2.45) is 5.10 Å². The number of hydrogen-bond acceptors (Lipinski definition) is 3. The van der Waals surface area contributed by atoms with Crippen LogP contribution in [-0.2, 0) is 11.2 Å². The van der Waals surface area contributed by atoms with E-state index in [-0.39, 0.29) is 5.91 Å². The summed E-state index contributed by atoms with van der Waals surface area (Å²) in [4.78, 5) is 18.3. The molecule has 0 spiro atoms. The molecule has 5 heteroatoms. The zero-order chi connectivity index (χ0) is 13.1. The fraction of sp³-hybridized carbons (Fsp3) is 0.214. The van der Waals surface area contributed by atoms with Crippen molar-refractivity contribution in [3.05, 3.63) is 53.6 Å². The Hall–Kier alpha value is -2.43. The molecular weight excluding hydrogens is 240 g/mol. The van der Waals surface area contributed by atoms with Crippen LogP contribution in [0.4, 0.5) is 0 Å². The lowest BCUT2D eigenvalue weighted by Crippen LogP contribution is -2.25. The van der Waals surface area contributed by atoms with Crippen molar-refractivity contribution in [2.75, 3.05) is 0 Å². The Kier molecular flexibility index (Phi) is 3.10. The first kappa shape index (κ1) is 11.6. The maximum absolute atomic E-state index is 11.0. The molecular formula is C14H14N4O. The monoisotopic (exact) mass is 254 g/mol. The van der Waals surface area contributed by atoms with Crippen molar-refractivity contribution in [3.8, 4) is 0 Å². The average molecular weight is 254 g/mol. The third-order valence-electron chi connectivity index (χ3n) is 3.12. The SMILES string of the molecule is O=C1CCC(c2ccc(Cc3ncc[nH]3)cc2)=NN1. The van der Waals surface area contributed by atoms with E-state index in [1.807, 2.05) is 18.3 Å². The topological polar surface area (TPSA) is 70.1 Å². The number of nitrogens with one attached hydrogen (secondary N) is 2. The number of amides is 1. The average Bonchev–Trinajstić information content (AvgIpc) is 2.94. The minimum Gasteiger partial charge on any atom is -0.348 e. The molecule has 1 aromatic heterocycles. The van der Waals surface area contributed by atoms with Gasteiger partial charge in [0.25, 0.3) is 0 Å². The van der Waals surface area contributed by atoms with Gasteiger partial charge in [-0.05, 0) is 11.1 Å². The zero-order valence-electron chi connectivity index (χ0n) is 10.4. The molecule has 19 heavy (non-hydrogen) atoms. The second-order valence-electron chi connectivity index (χ2n) is 4.50. The van der Waals surface area contributed by atoms with E-state index in [9.17, 15) is 4.79 Å². The Morgan fingerprint density at radius 2 is 2.00 bits per heavy atom. The number of carbonyl (C=O) groups excluding carboxylic acids is 1. The van der Waals surface area contributed by atoms with E-state index < -0.39 is 0 Å². The van der Waals surface area contributed by atoms with Crippen molar-refractivity contribution in [3.63, 3.8) is 0 Å². The minimum absolute atomic E-state index is 0.0156. The van der Waals surface area contributed by atoms with Crippen LogP contribution in [0.3, 0.4) is 0 Å². The molecule has 5 nitrogen and oxygen atoms in total. The number of hydrazone groups is 1. The van der Waals surface area contributed by atoms with Gasteiger partial charge in [0.05, 0.1) is 5.71 Å². The van der Waals surface area contributed by atoms with Crippen molar-refractivity contribution in [1.29, 1.82) is 0 Å². The summed E-state index contributed by atoms with van der Waals surface area (Å²) in [5, 5.41) is 4.08. The molecule has 0 atom stereocenters. The molecule has 1 aliphatic heterocycles. The molecule has 3 rings (SSSR count).